The van der Waals surface area contributed by atoms with E-state index in [4.69, 9.17) is 16.0 Å². The number of carbonyl (C=O) groups is 1. The minimum atomic E-state index is -1.24. The lowest BCUT2D eigenvalue weighted by Gasteiger charge is -2.10. The third-order valence-corrected chi connectivity index (χ3v) is 5.22. The summed E-state index contributed by atoms with van der Waals surface area (Å²) < 4.78 is 5.94. The van der Waals surface area contributed by atoms with Gasteiger partial charge >= 0.3 is 0 Å². The highest BCUT2D eigenvalue weighted by Crippen LogP contribution is 2.32. The number of nitrogens with zero attached hydrogens (tertiary/aromatic N) is 1. The van der Waals surface area contributed by atoms with Crippen LogP contribution in [0.15, 0.2) is 59.0 Å². The minimum Gasteiger partial charge on any atom is -0.545 e. The molecule has 140 valence electrons. The number of furan rings is 1. The van der Waals surface area contributed by atoms with Gasteiger partial charge in [0.05, 0.1) is 11.5 Å². The van der Waals surface area contributed by atoms with E-state index < -0.39 is 5.97 Å². The van der Waals surface area contributed by atoms with Gasteiger partial charge in [0.15, 0.2) is 5.76 Å². The molecule has 0 bridgehead atoms. The van der Waals surface area contributed by atoms with Crippen LogP contribution in [0.2, 0.25) is 5.02 Å². The third kappa shape index (κ3) is 3.27. The molecule has 0 saturated heterocycles. The van der Waals surface area contributed by atoms with E-state index in [0.717, 1.165) is 23.1 Å². The Morgan fingerprint density at radius 3 is 2.57 bits per heavy atom. The molecule has 5 heteroatoms. The zero-order chi connectivity index (χ0) is 19.8. The molecule has 0 N–H and O–H groups in total. The molecule has 4 aromatic rings. The van der Waals surface area contributed by atoms with Gasteiger partial charge in [-0.3, -0.25) is 0 Å². The van der Waals surface area contributed by atoms with Gasteiger partial charge in [-0.15, -0.1) is 0 Å². The Labute approximate surface area is 167 Å². The Morgan fingerprint density at radius 2 is 1.86 bits per heavy atom. The molecular weight excluding hydrogens is 374 g/mol. The Morgan fingerprint density at radius 1 is 1.07 bits per heavy atom. The van der Waals surface area contributed by atoms with Crippen molar-refractivity contribution < 1.29 is 14.3 Å². The molecule has 0 aliphatic rings. The van der Waals surface area contributed by atoms with Crippen molar-refractivity contribution in [3.05, 3.63) is 76.3 Å². The molecule has 0 aliphatic heterocycles. The first-order chi connectivity index (χ1) is 13.5. The van der Waals surface area contributed by atoms with Gasteiger partial charge < -0.3 is 14.3 Å². The molecule has 0 spiro atoms. The maximum atomic E-state index is 11.7. The third-order valence-electron chi connectivity index (χ3n) is 4.82. The molecule has 28 heavy (non-hydrogen) atoms. The Balaban J connectivity index is 1.82. The molecule has 0 amide bonds. The number of benzene rings is 2. The summed E-state index contributed by atoms with van der Waals surface area (Å²) >= 11 is 6.21. The summed E-state index contributed by atoms with van der Waals surface area (Å²) in [5.41, 5.74) is 4.01. The Kier molecular flexibility index (Phi) is 4.65. The van der Waals surface area contributed by atoms with Crippen molar-refractivity contribution in [2.45, 2.75) is 20.3 Å². The van der Waals surface area contributed by atoms with Crippen molar-refractivity contribution in [2.24, 2.45) is 0 Å². The maximum absolute atomic E-state index is 11.7. The number of halogens is 1. The van der Waals surface area contributed by atoms with E-state index in [1.165, 1.54) is 6.07 Å². The quantitative estimate of drug-likeness (QED) is 0.489. The fourth-order valence-electron chi connectivity index (χ4n) is 3.16. The number of aryl methyl sites for hydroxylation is 2. The highest BCUT2D eigenvalue weighted by atomic mass is 35.5. The van der Waals surface area contributed by atoms with Crippen molar-refractivity contribution in [3.63, 3.8) is 0 Å². The largest absolute Gasteiger partial charge is 0.545 e. The Hall–Kier alpha value is -3.11. The number of hydrogen-bond acceptors (Lipinski definition) is 4. The molecule has 0 atom stereocenters. The summed E-state index contributed by atoms with van der Waals surface area (Å²) in [7, 11) is 0. The van der Waals surface area contributed by atoms with Crippen LogP contribution < -0.4 is 5.11 Å². The van der Waals surface area contributed by atoms with Crippen molar-refractivity contribution in [1.82, 2.24) is 4.98 Å². The van der Waals surface area contributed by atoms with Crippen LogP contribution >= 0.6 is 11.6 Å². The number of carbonyl (C=O) groups excluding carboxylic acids is 1. The average Bonchev–Trinajstić information content (AvgIpc) is 3.19. The SMILES string of the molecule is CCc1ccc2nc(-c3ccc(-c4ccc(C)c(Cl)c4)o3)cc(C(=O)[O-])c2c1. The summed E-state index contributed by atoms with van der Waals surface area (Å²) in [6, 6.07) is 16.4. The zero-order valence-electron chi connectivity index (χ0n) is 15.5. The van der Waals surface area contributed by atoms with Gasteiger partial charge in [0.25, 0.3) is 0 Å². The van der Waals surface area contributed by atoms with E-state index in [1.807, 2.05) is 56.3 Å². The molecular formula is C23H17ClNO3-. The lowest BCUT2D eigenvalue weighted by Crippen LogP contribution is -2.22. The van der Waals surface area contributed by atoms with Crippen LogP contribution in [0.4, 0.5) is 0 Å². The standard InChI is InChI=1S/C23H18ClNO3/c1-3-14-5-7-19-16(10-14)17(23(26)27)12-20(25-19)22-9-8-21(28-22)15-6-4-13(2)18(24)11-15/h4-12H,3H2,1-2H3,(H,26,27)/p-1. The van der Waals surface area contributed by atoms with Gasteiger partial charge in [0.1, 0.15) is 11.5 Å². The van der Waals surface area contributed by atoms with Crippen LogP contribution in [-0.4, -0.2) is 11.0 Å². The normalized spacial score (nSPS) is 11.1. The molecule has 0 fully saturated rings. The number of aromatic nitrogens is 1. The number of pyridine rings is 1. The summed E-state index contributed by atoms with van der Waals surface area (Å²) in [4.78, 5) is 16.3. The first-order valence-corrected chi connectivity index (χ1v) is 9.36. The first kappa shape index (κ1) is 18.3. The number of carboxylic acids is 1. The van der Waals surface area contributed by atoms with Gasteiger partial charge in [0, 0.05) is 21.5 Å². The summed E-state index contributed by atoms with van der Waals surface area (Å²) in [6.45, 7) is 3.95. The van der Waals surface area contributed by atoms with Crippen molar-refractivity contribution >= 4 is 28.5 Å². The lowest BCUT2D eigenvalue weighted by molar-refractivity contribution is -0.254. The smallest absolute Gasteiger partial charge is 0.153 e. The summed E-state index contributed by atoms with van der Waals surface area (Å²) in [5, 5.41) is 12.9. The molecule has 0 aliphatic carbocycles. The molecule has 4 rings (SSSR count). The molecule has 2 aromatic heterocycles. The van der Waals surface area contributed by atoms with E-state index >= 15 is 0 Å². The van der Waals surface area contributed by atoms with Crippen LogP contribution in [0.25, 0.3) is 33.7 Å². The molecule has 0 unspecified atom stereocenters. The predicted molar refractivity (Wildman–Crippen MR) is 108 cm³/mol. The summed E-state index contributed by atoms with van der Waals surface area (Å²) in [5.74, 6) is -0.121. The zero-order valence-corrected chi connectivity index (χ0v) is 16.2. The van der Waals surface area contributed by atoms with E-state index in [9.17, 15) is 9.90 Å². The Bertz CT molecular complexity index is 1210. The second kappa shape index (κ2) is 7.13. The van der Waals surface area contributed by atoms with Crippen molar-refractivity contribution in [2.75, 3.05) is 0 Å². The first-order valence-electron chi connectivity index (χ1n) is 8.98. The van der Waals surface area contributed by atoms with Crippen LogP contribution in [0.3, 0.4) is 0 Å². The van der Waals surface area contributed by atoms with Crippen LogP contribution in [0.5, 0.6) is 0 Å². The van der Waals surface area contributed by atoms with Gasteiger partial charge in [0.2, 0.25) is 0 Å². The van der Waals surface area contributed by atoms with Gasteiger partial charge in [-0.25, -0.2) is 4.98 Å². The number of carboxylic acid groups (broad SMARTS) is 1. The summed E-state index contributed by atoms with van der Waals surface area (Å²) in [6.07, 6.45) is 0.810. The van der Waals surface area contributed by atoms with Crippen molar-refractivity contribution in [1.29, 1.82) is 0 Å². The minimum absolute atomic E-state index is 0.103. The number of fused-ring (bicyclic) bond motifs is 1. The number of rotatable bonds is 4. The number of hydrogen-bond donors (Lipinski definition) is 0. The second-order valence-electron chi connectivity index (χ2n) is 6.68. The van der Waals surface area contributed by atoms with E-state index in [2.05, 4.69) is 4.98 Å². The second-order valence-corrected chi connectivity index (χ2v) is 7.08. The fraction of sp³-hybridized carbons (Fsp3) is 0.130. The topological polar surface area (TPSA) is 66.2 Å². The highest BCUT2D eigenvalue weighted by Gasteiger charge is 2.13. The maximum Gasteiger partial charge on any atom is 0.153 e. The van der Waals surface area contributed by atoms with E-state index in [0.29, 0.717) is 33.1 Å². The van der Waals surface area contributed by atoms with E-state index in [1.54, 1.807) is 6.07 Å². The fourth-order valence-corrected chi connectivity index (χ4v) is 3.35. The van der Waals surface area contributed by atoms with Gasteiger partial charge in [-0.1, -0.05) is 36.7 Å². The van der Waals surface area contributed by atoms with E-state index in [-0.39, 0.29) is 5.56 Å². The average molecular weight is 391 g/mol. The van der Waals surface area contributed by atoms with Gasteiger partial charge in [-0.05, 0) is 60.9 Å². The molecule has 0 radical (unpaired) electrons. The predicted octanol–water partition coefficient (Wildman–Crippen LogP) is 5.05. The number of aromatic carboxylic acids is 1. The molecule has 0 saturated carbocycles. The lowest BCUT2D eigenvalue weighted by atomic mass is 10.0. The van der Waals surface area contributed by atoms with Gasteiger partial charge in [-0.2, -0.15) is 0 Å². The highest BCUT2D eigenvalue weighted by molar-refractivity contribution is 6.31. The van der Waals surface area contributed by atoms with Crippen LogP contribution in [0.1, 0.15) is 28.4 Å². The molecule has 4 nitrogen and oxygen atoms in total. The monoisotopic (exact) mass is 390 g/mol. The molecule has 2 heterocycles. The van der Waals surface area contributed by atoms with Crippen LogP contribution in [-0.2, 0) is 6.42 Å². The van der Waals surface area contributed by atoms with Crippen molar-refractivity contribution in [3.8, 4) is 22.8 Å². The molecule has 2 aromatic carbocycles. The van der Waals surface area contributed by atoms with Crippen LogP contribution in [0, 0.1) is 6.92 Å².